The maximum atomic E-state index is 12.7. The smallest absolute Gasteiger partial charge is 0.416 e. The highest BCUT2D eigenvalue weighted by Crippen LogP contribution is 2.36. The summed E-state index contributed by atoms with van der Waals surface area (Å²) in [4.78, 5) is 11.4. The zero-order chi connectivity index (χ0) is 21.9. The number of aryl methyl sites for hydroxylation is 1. The molecule has 2 aromatic carbocycles. The number of benzene rings is 2. The van der Waals surface area contributed by atoms with Gasteiger partial charge in [0.15, 0.2) is 12.4 Å². The summed E-state index contributed by atoms with van der Waals surface area (Å²) in [5.41, 5.74) is 1.08. The lowest BCUT2D eigenvalue weighted by Crippen LogP contribution is -2.10. The lowest BCUT2D eigenvalue weighted by molar-refractivity contribution is -0.139. The minimum absolute atomic E-state index is 0.360. The summed E-state index contributed by atoms with van der Waals surface area (Å²) in [6, 6.07) is 9.62. The van der Waals surface area contributed by atoms with Gasteiger partial charge in [-0.05, 0) is 30.7 Å². The second-order valence-corrected chi connectivity index (χ2v) is 7.70. The fourth-order valence-corrected chi connectivity index (χ4v) is 3.75. The first-order valence-corrected chi connectivity index (χ1v) is 9.90. The van der Waals surface area contributed by atoms with E-state index in [0.29, 0.717) is 33.5 Å². The van der Waals surface area contributed by atoms with E-state index in [4.69, 9.17) is 26.0 Å². The van der Waals surface area contributed by atoms with Gasteiger partial charge in [0.05, 0.1) is 16.3 Å². The normalized spacial score (nSPS) is 11.5. The van der Waals surface area contributed by atoms with Gasteiger partial charge < -0.3 is 14.4 Å². The molecule has 5 nitrogen and oxygen atoms in total. The number of hydrogen-bond acceptors (Lipinski definition) is 5. The number of alkyl halides is 3. The SMILES string of the molecule is Cc1cc(SCc2cc(-c3ccc(C(F)(F)F)cc3)on2)c(Cl)cc1OCC(=O)O. The number of halogens is 4. The Morgan fingerprint density at radius 3 is 2.57 bits per heavy atom. The van der Waals surface area contributed by atoms with Crippen LogP contribution < -0.4 is 4.74 Å². The van der Waals surface area contributed by atoms with Gasteiger partial charge in [-0.1, -0.05) is 28.9 Å². The monoisotopic (exact) mass is 457 g/mol. The molecule has 0 fully saturated rings. The minimum Gasteiger partial charge on any atom is -0.482 e. The zero-order valence-electron chi connectivity index (χ0n) is 15.5. The van der Waals surface area contributed by atoms with E-state index < -0.39 is 24.3 Å². The van der Waals surface area contributed by atoms with E-state index in [1.165, 1.54) is 23.9 Å². The largest absolute Gasteiger partial charge is 0.482 e. The van der Waals surface area contributed by atoms with E-state index in [0.717, 1.165) is 22.6 Å². The molecule has 1 N–H and O–H groups in total. The van der Waals surface area contributed by atoms with Crippen LogP contribution in [0.3, 0.4) is 0 Å². The number of carboxylic acids is 1. The predicted molar refractivity (Wildman–Crippen MR) is 106 cm³/mol. The van der Waals surface area contributed by atoms with Crippen LogP contribution in [0.1, 0.15) is 16.8 Å². The number of nitrogens with zero attached hydrogens (tertiary/aromatic N) is 1. The van der Waals surface area contributed by atoms with Gasteiger partial charge in [0.2, 0.25) is 0 Å². The molecule has 10 heteroatoms. The number of rotatable bonds is 7. The van der Waals surface area contributed by atoms with Gasteiger partial charge >= 0.3 is 12.1 Å². The third-order valence-electron chi connectivity index (χ3n) is 4.01. The molecule has 0 atom stereocenters. The first-order valence-electron chi connectivity index (χ1n) is 8.54. The maximum Gasteiger partial charge on any atom is 0.416 e. The second kappa shape index (κ2) is 9.01. The highest BCUT2D eigenvalue weighted by Gasteiger charge is 2.30. The molecular formula is C20H15ClF3NO4S. The van der Waals surface area contributed by atoms with Crippen LogP contribution in [0.5, 0.6) is 5.75 Å². The third-order valence-corrected chi connectivity index (χ3v) is 5.53. The standard InChI is InChI=1S/C20H15ClF3NO4S/c1-11-6-18(15(21)8-16(11)28-9-19(26)27)30-10-14-7-17(29-25-14)12-2-4-13(5-3-12)20(22,23)24/h2-8H,9-10H2,1H3,(H,26,27). The van der Waals surface area contributed by atoms with E-state index >= 15 is 0 Å². The van der Waals surface area contributed by atoms with Crippen LogP contribution in [0.2, 0.25) is 5.02 Å². The average molecular weight is 458 g/mol. The van der Waals surface area contributed by atoms with E-state index in [9.17, 15) is 18.0 Å². The van der Waals surface area contributed by atoms with Crippen molar-refractivity contribution in [1.29, 1.82) is 0 Å². The molecule has 158 valence electrons. The molecule has 3 aromatic rings. The molecule has 1 aromatic heterocycles. The number of ether oxygens (including phenoxy) is 1. The number of carboxylic acid groups (broad SMARTS) is 1. The van der Waals surface area contributed by atoms with E-state index in [1.807, 2.05) is 0 Å². The molecule has 0 bridgehead atoms. The molecule has 0 spiro atoms. The fraction of sp³-hybridized carbons (Fsp3) is 0.200. The number of aromatic nitrogens is 1. The molecule has 0 radical (unpaired) electrons. The van der Waals surface area contributed by atoms with Crippen LogP contribution in [0.4, 0.5) is 13.2 Å². The Kier molecular flexibility index (Phi) is 6.62. The molecule has 0 saturated heterocycles. The molecule has 30 heavy (non-hydrogen) atoms. The summed E-state index contributed by atoms with van der Waals surface area (Å²) in [5, 5.41) is 13.1. The molecule has 1 heterocycles. The van der Waals surface area contributed by atoms with Crippen molar-refractivity contribution in [3.63, 3.8) is 0 Å². The molecule has 0 aliphatic heterocycles. The third kappa shape index (κ3) is 5.48. The summed E-state index contributed by atoms with van der Waals surface area (Å²) >= 11 is 7.64. The number of hydrogen-bond donors (Lipinski definition) is 1. The summed E-state index contributed by atoms with van der Waals surface area (Å²) in [5.74, 6) is 0.0779. The van der Waals surface area contributed by atoms with E-state index in [-0.39, 0.29) is 0 Å². The molecule has 0 aliphatic rings. The Morgan fingerprint density at radius 1 is 1.23 bits per heavy atom. The predicted octanol–water partition coefficient (Wildman–Crippen LogP) is 6.08. The maximum absolute atomic E-state index is 12.7. The van der Waals surface area contributed by atoms with Crippen molar-refractivity contribution in [2.75, 3.05) is 6.61 Å². The number of aliphatic carboxylic acids is 1. The lowest BCUT2D eigenvalue weighted by Gasteiger charge is -2.10. The zero-order valence-corrected chi connectivity index (χ0v) is 17.1. The molecule has 3 rings (SSSR count). The molecule has 0 unspecified atom stereocenters. The Hall–Kier alpha value is -2.65. The van der Waals surface area contributed by atoms with Crippen LogP contribution in [0.15, 0.2) is 51.9 Å². The average Bonchev–Trinajstić information content (AvgIpc) is 3.15. The topological polar surface area (TPSA) is 72.6 Å². The quantitative estimate of drug-likeness (QED) is 0.433. The number of thioether (sulfide) groups is 1. The van der Waals surface area contributed by atoms with Crippen molar-refractivity contribution in [1.82, 2.24) is 5.16 Å². The summed E-state index contributed by atoms with van der Waals surface area (Å²) in [7, 11) is 0. The van der Waals surface area contributed by atoms with Crippen molar-refractivity contribution in [2.45, 2.75) is 23.7 Å². The van der Waals surface area contributed by atoms with Crippen LogP contribution in [0.25, 0.3) is 11.3 Å². The van der Waals surface area contributed by atoms with Gasteiger partial charge in [-0.2, -0.15) is 13.2 Å². The molecule has 0 saturated carbocycles. The first-order chi connectivity index (χ1) is 14.1. The molecule has 0 amide bonds. The van der Waals surface area contributed by atoms with E-state index in [1.54, 1.807) is 25.1 Å². The van der Waals surface area contributed by atoms with Crippen molar-refractivity contribution >= 4 is 29.3 Å². The number of carbonyl (C=O) groups is 1. The highest BCUT2D eigenvalue weighted by atomic mass is 35.5. The Bertz CT molecular complexity index is 1050. The summed E-state index contributed by atoms with van der Waals surface area (Å²) in [6.07, 6.45) is -4.40. The second-order valence-electron chi connectivity index (χ2n) is 6.28. The molecular weight excluding hydrogens is 443 g/mol. The summed E-state index contributed by atoms with van der Waals surface area (Å²) < 4.78 is 48.4. The van der Waals surface area contributed by atoms with Gasteiger partial charge in [-0.15, -0.1) is 11.8 Å². The van der Waals surface area contributed by atoms with Crippen molar-refractivity contribution in [2.24, 2.45) is 0 Å². The van der Waals surface area contributed by atoms with E-state index in [2.05, 4.69) is 5.16 Å². The Balaban J connectivity index is 1.67. The molecule has 0 aliphatic carbocycles. The van der Waals surface area contributed by atoms with Crippen LogP contribution in [-0.4, -0.2) is 22.8 Å². The Morgan fingerprint density at radius 2 is 1.93 bits per heavy atom. The van der Waals surface area contributed by atoms with Gasteiger partial charge in [0, 0.05) is 28.3 Å². The van der Waals surface area contributed by atoms with Gasteiger partial charge in [0.25, 0.3) is 0 Å². The van der Waals surface area contributed by atoms with Crippen LogP contribution in [-0.2, 0) is 16.7 Å². The fourth-order valence-electron chi connectivity index (χ4n) is 2.53. The summed E-state index contributed by atoms with van der Waals surface area (Å²) in [6.45, 7) is 1.31. The van der Waals surface area contributed by atoms with Crippen molar-refractivity contribution < 1.29 is 32.3 Å². The first kappa shape index (κ1) is 22.0. The lowest BCUT2D eigenvalue weighted by atomic mass is 10.1. The van der Waals surface area contributed by atoms with Gasteiger partial charge in [0.1, 0.15) is 5.75 Å². The van der Waals surface area contributed by atoms with Gasteiger partial charge in [-0.25, -0.2) is 4.79 Å². The van der Waals surface area contributed by atoms with Crippen molar-refractivity contribution in [3.05, 3.63) is 64.3 Å². The van der Waals surface area contributed by atoms with Crippen LogP contribution >= 0.6 is 23.4 Å². The van der Waals surface area contributed by atoms with Crippen LogP contribution in [0, 0.1) is 6.92 Å². The minimum atomic E-state index is -4.40. The Labute approximate surface area is 178 Å². The van der Waals surface area contributed by atoms with Crippen molar-refractivity contribution in [3.8, 4) is 17.1 Å². The van der Waals surface area contributed by atoms with Gasteiger partial charge in [-0.3, -0.25) is 0 Å². The highest BCUT2D eigenvalue weighted by molar-refractivity contribution is 7.98.